The van der Waals surface area contributed by atoms with E-state index >= 15 is 0 Å². The van der Waals surface area contributed by atoms with Gasteiger partial charge in [-0.2, -0.15) is 0 Å². The molecule has 2 N–H and O–H groups in total. The van der Waals surface area contributed by atoms with E-state index in [0.717, 1.165) is 24.2 Å². The third-order valence-electron chi connectivity index (χ3n) is 5.24. The van der Waals surface area contributed by atoms with Crippen LogP contribution in [0.5, 0.6) is 5.75 Å². The van der Waals surface area contributed by atoms with Crippen LogP contribution < -0.4 is 15.4 Å². The van der Waals surface area contributed by atoms with Crippen LogP contribution in [0.25, 0.3) is 0 Å². The highest BCUT2D eigenvalue weighted by Crippen LogP contribution is 2.30. The van der Waals surface area contributed by atoms with Crippen LogP contribution in [-0.4, -0.2) is 36.5 Å². The van der Waals surface area contributed by atoms with Crippen LogP contribution in [0.4, 0.5) is 10.5 Å². The second-order valence-corrected chi connectivity index (χ2v) is 7.64. The first-order chi connectivity index (χ1) is 14.0. The molecule has 0 bridgehead atoms. The Kier molecular flexibility index (Phi) is 6.75. The van der Waals surface area contributed by atoms with E-state index in [4.69, 9.17) is 4.74 Å². The molecule has 0 aromatic heterocycles. The van der Waals surface area contributed by atoms with Crippen molar-refractivity contribution in [1.82, 2.24) is 10.2 Å². The predicted molar refractivity (Wildman–Crippen MR) is 114 cm³/mol. The van der Waals surface area contributed by atoms with Gasteiger partial charge in [0.2, 0.25) is 5.91 Å². The smallest absolute Gasteiger partial charge is 0.321 e. The molecule has 2 aromatic carbocycles. The summed E-state index contributed by atoms with van der Waals surface area (Å²) in [5.74, 6) is 0.756. The number of amides is 3. The van der Waals surface area contributed by atoms with Gasteiger partial charge >= 0.3 is 6.03 Å². The second-order valence-electron chi connectivity index (χ2n) is 7.64. The summed E-state index contributed by atoms with van der Waals surface area (Å²) < 4.78 is 5.42. The summed E-state index contributed by atoms with van der Waals surface area (Å²) in [7, 11) is 0. The lowest BCUT2D eigenvalue weighted by Gasteiger charge is -2.39. The van der Waals surface area contributed by atoms with E-state index in [1.807, 2.05) is 68.4 Å². The number of likely N-dealkylation sites (tertiary alicyclic amines) is 1. The van der Waals surface area contributed by atoms with Crippen LogP contribution in [-0.2, 0) is 11.3 Å². The minimum absolute atomic E-state index is 0.0140. The molecule has 2 aromatic rings. The first-order valence-corrected chi connectivity index (χ1v) is 10.1. The van der Waals surface area contributed by atoms with Gasteiger partial charge in [0.1, 0.15) is 5.75 Å². The number of anilines is 1. The predicted octanol–water partition coefficient (Wildman–Crippen LogP) is 4.04. The lowest BCUT2D eigenvalue weighted by atomic mass is 9.81. The monoisotopic (exact) mass is 395 g/mol. The number of piperidine rings is 1. The molecule has 1 saturated heterocycles. The van der Waals surface area contributed by atoms with Gasteiger partial charge in [-0.1, -0.05) is 30.3 Å². The Morgan fingerprint density at radius 1 is 1.10 bits per heavy atom. The van der Waals surface area contributed by atoms with Crippen molar-refractivity contribution in [2.24, 2.45) is 5.41 Å². The van der Waals surface area contributed by atoms with Gasteiger partial charge in [-0.05, 0) is 56.5 Å². The van der Waals surface area contributed by atoms with Gasteiger partial charge in [-0.3, -0.25) is 4.79 Å². The molecule has 1 aliphatic rings. The van der Waals surface area contributed by atoms with E-state index in [-0.39, 0.29) is 11.9 Å². The molecule has 1 heterocycles. The van der Waals surface area contributed by atoms with Crippen molar-refractivity contribution in [3.05, 3.63) is 60.2 Å². The van der Waals surface area contributed by atoms with Gasteiger partial charge in [0, 0.05) is 25.3 Å². The normalized spacial score (nSPS) is 18.8. The molecule has 6 nitrogen and oxygen atoms in total. The van der Waals surface area contributed by atoms with Crippen molar-refractivity contribution in [3.63, 3.8) is 0 Å². The molecule has 0 unspecified atom stereocenters. The average Bonchev–Trinajstić information content (AvgIpc) is 2.74. The van der Waals surface area contributed by atoms with Crippen LogP contribution in [0, 0.1) is 5.41 Å². The lowest BCUT2D eigenvalue weighted by Crippen LogP contribution is -2.52. The summed E-state index contributed by atoms with van der Waals surface area (Å²) in [5.41, 5.74) is 1.17. The van der Waals surface area contributed by atoms with Gasteiger partial charge in [0.15, 0.2) is 0 Å². The Labute approximate surface area is 172 Å². The van der Waals surface area contributed by atoms with Crippen LogP contribution >= 0.6 is 0 Å². The fourth-order valence-corrected chi connectivity index (χ4v) is 3.59. The fourth-order valence-electron chi connectivity index (χ4n) is 3.59. The van der Waals surface area contributed by atoms with Crippen molar-refractivity contribution in [2.45, 2.75) is 33.2 Å². The van der Waals surface area contributed by atoms with Crippen LogP contribution in [0.2, 0.25) is 0 Å². The number of nitrogens with zero attached hydrogens (tertiary/aromatic N) is 1. The summed E-state index contributed by atoms with van der Waals surface area (Å²) in [4.78, 5) is 27.3. The van der Waals surface area contributed by atoms with E-state index in [0.29, 0.717) is 31.9 Å². The third-order valence-corrected chi connectivity index (χ3v) is 5.24. The topological polar surface area (TPSA) is 70.7 Å². The van der Waals surface area contributed by atoms with Crippen molar-refractivity contribution < 1.29 is 14.3 Å². The number of rotatable bonds is 6. The van der Waals surface area contributed by atoms with E-state index in [2.05, 4.69) is 10.6 Å². The first kappa shape index (κ1) is 20.7. The molecular weight excluding hydrogens is 366 g/mol. The minimum Gasteiger partial charge on any atom is -0.494 e. The average molecular weight is 396 g/mol. The maximum atomic E-state index is 12.8. The molecule has 0 saturated carbocycles. The Morgan fingerprint density at radius 3 is 2.52 bits per heavy atom. The van der Waals surface area contributed by atoms with E-state index < -0.39 is 5.41 Å². The molecule has 6 heteroatoms. The highest BCUT2D eigenvalue weighted by molar-refractivity contribution is 5.90. The maximum Gasteiger partial charge on any atom is 0.321 e. The summed E-state index contributed by atoms with van der Waals surface area (Å²) in [6.45, 7) is 6.00. The molecule has 1 fully saturated rings. The highest BCUT2D eigenvalue weighted by atomic mass is 16.5. The van der Waals surface area contributed by atoms with Gasteiger partial charge in [0.25, 0.3) is 0 Å². The molecule has 3 rings (SSSR count). The summed E-state index contributed by atoms with van der Waals surface area (Å²) in [6.07, 6.45) is 1.56. The van der Waals surface area contributed by atoms with Gasteiger partial charge in [-0.15, -0.1) is 0 Å². The number of ether oxygens (including phenoxy) is 1. The largest absolute Gasteiger partial charge is 0.494 e. The summed E-state index contributed by atoms with van der Waals surface area (Å²) in [5, 5.41) is 5.94. The van der Waals surface area contributed by atoms with Crippen LogP contribution in [0.15, 0.2) is 54.6 Å². The third kappa shape index (κ3) is 5.50. The molecule has 1 atom stereocenters. The molecule has 29 heavy (non-hydrogen) atoms. The van der Waals surface area contributed by atoms with Gasteiger partial charge in [0.05, 0.1) is 12.0 Å². The SMILES string of the molecule is CCOc1ccc(NC(=O)N2CCC[C@@](C)(C(=O)NCc3ccccc3)C2)cc1. The van der Waals surface area contributed by atoms with Crippen molar-refractivity contribution in [2.75, 3.05) is 25.0 Å². The van der Waals surface area contributed by atoms with Crippen LogP contribution in [0.1, 0.15) is 32.3 Å². The summed E-state index contributed by atoms with van der Waals surface area (Å²) in [6, 6.07) is 16.9. The molecule has 0 radical (unpaired) electrons. The standard InChI is InChI=1S/C23H29N3O3/c1-3-29-20-12-10-19(11-13-20)25-22(28)26-15-7-14-23(2,17-26)21(27)24-16-18-8-5-4-6-9-18/h4-6,8-13H,3,7,14-17H2,1-2H3,(H,24,27)(H,25,28)/t23-/m1/s1. The minimum atomic E-state index is -0.594. The van der Waals surface area contributed by atoms with Crippen molar-refractivity contribution >= 4 is 17.6 Å². The molecule has 3 amide bonds. The maximum absolute atomic E-state index is 12.8. The molecule has 1 aliphatic heterocycles. The van der Waals surface area contributed by atoms with Crippen molar-refractivity contribution in [3.8, 4) is 5.75 Å². The van der Waals surface area contributed by atoms with E-state index in [1.165, 1.54) is 0 Å². The Morgan fingerprint density at radius 2 is 1.83 bits per heavy atom. The number of benzene rings is 2. The number of nitrogens with one attached hydrogen (secondary N) is 2. The zero-order chi connectivity index (χ0) is 20.7. The Balaban J connectivity index is 1.56. The van der Waals surface area contributed by atoms with E-state index in [9.17, 15) is 9.59 Å². The zero-order valence-corrected chi connectivity index (χ0v) is 17.1. The molecular formula is C23H29N3O3. The highest BCUT2D eigenvalue weighted by Gasteiger charge is 2.39. The Bertz CT molecular complexity index is 823. The summed E-state index contributed by atoms with van der Waals surface area (Å²) >= 11 is 0. The van der Waals surface area contributed by atoms with Gasteiger partial charge in [-0.25, -0.2) is 4.79 Å². The number of carbonyl (C=O) groups excluding carboxylic acids is 2. The molecule has 0 spiro atoms. The number of urea groups is 1. The van der Waals surface area contributed by atoms with Gasteiger partial charge < -0.3 is 20.3 Å². The van der Waals surface area contributed by atoms with E-state index in [1.54, 1.807) is 4.90 Å². The number of carbonyl (C=O) groups is 2. The fraction of sp³-hybridized carbons (Fsp3) is 0.391. The zero-order valence-electron chi connectivity index (χ0n) is 17.1. The number of hydrogen-bond acceptors (Lipinski definition) is 3. The first-order valence-electron chi connectivity index (χ1n) is 10.1. The lowest BCUT2D eigenvalue weighted by molar-refractivity contribution is -0.132. The molecule has 0 aliphatic carbocycles. The number of hydrogen-bond donors (Lipinski definition) is 2. The van der Waals surface area contributed by atoms with Crippen molar-refractivity contribution in [1.29, 1.82) is 0 Å². The quantitative estimate of drug-likeness (QED) is 0.776. The Hall–Kier alpha value is -3.02. The van der Waals surface area contributed by atoms with Crippen LogP contribution in [0.3, 0.4) is 0 Å². The second kappa shape index (κ2) is 9.45. The molecule has 154 valence electrons.